The molecule has 0 saturated carbocycles. The highest BCUT2D eigenvalue weighted by Gasteiger charge is 2.14. The minimum absolute atomic E-state index is 0.235. The van der Waals surface area contributed by atoms with Crippen LogP contribution in [0.25, 0.3) is 0 Å². The summed E-state index contributed by atoms with van der Waals surface area (Å²) in [5.74, 6) is 0. The Morgan fingerprint density at radius 3 is 2.85 bits per heavy atom. The van der Waals surface area contributed by atoms with Crippen molar-refractivity contribution in [1.29, 1.82) is 0 Å². The van der Waals surface area contributed by atoms with Crippen molar-refractivity contribution in [3.05, 3.63) is 16.3 Å². The summed E-state index contributed by atoms with van der Waals surface area (Å²) in [6, 6.07) is 1.53. The number of thiophene rings is 1. The Bertz CT molecular complexity index is 370. The highest BCUT2D eigenvalue weighted by atomic mass is 32.2. The standard InChI is InChI=1S/C7H12N2O2S2/c1-2-9-5-6-7(3-4-12-6)13(8,10)11/h3-4,9H,2,5H2,1H3,(H2,8,10,11). The van der Waals surface area contributed by atoms with E-state index in [0.717, 1.165) is 11.4 Å². The van der Waals surface area contributed by atoms with Crippen LogP contribution in [0.15, 0.2) is 16.3 Å². The fraction of sp³-hybridized carbons (Fsp3) is 0.429. The van der Waals surface area contributed by atoms with Gasteiger partial charge in [-0.15, -0.1) is 11.3 Å². The highest BCUT2D eigenvalue weighted by molar-refractivity contribution is 7.89. The summed E-state index contributed by atoms with van der Waals surface area (Å²) in [4.78, 5) is 1.00. The lowest BCUT2D eigenvalue weighted by atomic mass is 10.4. The molecule has 0 fully saturated rings. The molecule has 0 aromatic carbocycles. The van der Waals surface area contributed by atoms with E-state index < -0.39 is 10.0 Å². The third-order valence-corrected chi connectivity index (χ3v) is 3.59. The number of rotatable bonds is 4. The van der Waals surface area contributed by atoms with Gasteiger partial charge < -0.3 is 5.32 Å². The number of hydrogen-bond donors (Lipinski definition) is 2. The molecule has 4 nitrogen and oxygen atoms in total. The second-order valence-corrected chi connectivity index (χ2v) is 5.06. The van der Waals surface area contributed by atoms with Crippen LogP contribution in [0.3, 0.4) is 0 Å². The molecule has 0 spiro atoms. The molecule has 0 aliphatic carbocycles. The van der Waals surface area contributed by atoms with Crippen LogP contribution in [0.2, 0.25) is 0 Å². The van der Waals surface area contributed by atoms with Crippen LogP contribution >= 0.6 is 11.3 Å². The van der Waals surface area contributed by atoms with Gasteiger partial charge >= 0.3 is 0 Å². The molecule has 74 valence electrons. The van der Waals surface area contributed by atoms with Crippen LogP contribution in [-0.2, 0) is 16.6 Å². The first-order valence-corrected chi connectivity index (χ1v) is 6.28. The summed E-state index contributed by atoms with van der Waals surface area (Å²) in [5, 5.41) is 9.81. The van der Waals surface area contributed by atoms with Gasteiger partial charge in [-0.3, -0.25) is 0 Å². The zero-order valence-electron chi connectivity index (χ0n) is 7.28. The average molecular weight is 220 g/mol. The Hall–Kier alpha value is -0.430. The molecule has 0 radical (unpaired) electrons. The molecule has 1 rings (SSSR count). The normalized spacial score (nSPS) is 11.8. The molecule has 0 saturated heterocycles. The third-order valence-electron chi connectivity index (χ3n) is 1.55. The lowest BCUT2D eigenvalue weighted by Crippen LogP contribution is -2.17. The first kappa shape index (κ1) is 10.6. The second kappa shape index (κ2) is 4.19. The maximum atomic E-state index is 11.0. The van der Waals surface area contributed by atoms with E-state index in [4.69, 9.17) is 5.14 Å². The van der Waals surface area contributed by atoms with Crippen molar-refractivity contribution >= 4 is 21.4 Å². The van der Waals surface area contributed by atoms with Crippen LogP contribution in [0, 0.1) is 0 Å². The van der Waals surface area contributed by atoms with Gasteiger partial charge in [-0.25, -0.2) is 13.6 Å². The van der Waals surface area contributed by atoms with Gasteiger partial charge in [0.25, 0.3) is 0 Å². The van der Waals surface area contributed by atoms with Crippen molar-refractivity contribution in [1.82, 2.24) is 5.32 Å². The van der Waals surface area contributed by atoms with Gasteiger partial charge in [-0.1, -0.05) is 6.92 Å². The predicted octanol–water partition coefficient (Wildman–Crippen LogP) is 0.505. The number of sulfonamides is 1. The van der Waals surface area contributed by atoms with Crippen molar-refractivity contribution in [2.45, 2.75) is 18.4 Å². The molecule has 1 aromatic rings. The molecule has 13 heavy (non-hydrogen) atoms. The highest BCUT2D eigenvalue weighted by Crippen LogP contribution is 2.20. The van der Waals surface area contributed by atoms with Gasteiger partial charge in [0.05, 0.1) is 4.90 Å². The molecule has 1 heterocycles. The summed E-state index contributed by atoms with van der Waals surface area (Å²) in [7, 11) is -3.55. The van der Waals surface area contributed by atoms with E-state index in [9.17, 15) is 8.42 Å². The molecule has 0 atom stereocenters. The summed E-state index contributed by atoms with van der Waals surface area (Å²) < 4.78 is 22.1. The van der Waals surface area contributed by atoms with E-state index in [-0.39, 0.29) is 4.90 Å². The molecular formula is C7H12N2O2S2. The maximum absolute atomic E-state index is 11.0. The summed E-state index contributed by atoms with van der Waals surface area (Å²) in [5.41, 5.74) is 0. The monoisotopic (exact) mass is 220 g/mol. The lowest BCUT2D eigenvalue weighted by Gasteiger charge is -2.01. The van der Waals surface area contributed by atoms with Crippen molar-refractivity contribution < 1.29 is 8.42 Å². The maximum Gasteiger partial charge on any atom is 0.239 e. The van der Waals surface area contributed by atoms with Crippen molar-refractivity contribution in [3.8, 4) is 0 Å². The number of nitrogens with two attached hydrogens (primary N) is 1. The van der Waals surface area contributed by atoms with Gasteiger partial charge in [0.2, 0.25) is 10.0 Å². The Morgan fingerprint density at radius 2 is 2.31 bits per heavy atom. The number of primary sulfonamides is 1. The van der Waals surface area contributed by atoms with Gasteiger partial charge in [-0.2, -0.15) is 0 Å². The van der Waals surface area contributed by atoms with Crippen LogP contribution < -0.4 is 10.5 Å². The summed E-state index contributed by atoms with van der Waals surface area (Å²) in [6.07, 6.45) is 0. The van der Waals surface area contributed by atoms with Gasteiger partial charge in [0, 0.05) is 11.4 Å². The Kier molecular flexibility index (Phi) is 3.43. The van der Waals surface area contributed by atoms with Crippen molar-refractivity contribution in [2.24, 2.45) is 5.14 Å². The number of nitrogens with one attached hydrogen (secondary N) is 1. The Labute approximate surface area is 81.8 Å². The Morgan fingerprint density at radius 1 is 1.62 bits per heavy atom. The molecule has 6 heteroatoms. The first-order chi connectivity index (χ1) is 6.05. The molecule has 0 aliphatic heterocycles. The fourth-order valence-corrected chi connectivity index (χ4v) is 2.91. The van der Waals surface area contributed by atoms with Crippen molar-refractivity contribution in [3.63, 3.8) is 0 Å². The van der Waals surface area contributed by atoms with Crippen LogP contribution in [0.4, 0.5) is 0 Å². The van der Waals surface area contributed by atoms with E-state index in [1.807, 2.05) is 6.92 Å². The third kappa shape index (κ3) is 2.77. The molecule has 0 bridgehead atoms. The second-order valence-electron chi connectivity index (χ2n) is 2.53. The molecule has 3 N–H and O–H groups in total. The van der Waals surface area contributed by atoms with E-state index >= 15 is 0 Å². The minimum atomic E-state index is -3.55. The molecule has 0 unspecified atom stereocenters. The minimum Gasteiger partial charge on any atom is -0.312 e. The van der Waals surface area contributed by atoms with Crippen LogP contribution in [0.5, 0.6) is 0 Å². The summed E-state index contributed by atoms with van der Waals surface area (Å²) in [6.45, 7) is 3.33. The molecule has 1 aromatic heterocycles. The molecular weight excluding hydrogens is 208 g/mol. The van der Waals surface area contributed by atoms with Crippen LogP contribution in [0.1, 0.15) is 11.8 Å². The van der Waals surface area contributed by atoms with E-state index in [2.05, 4.69) is 5.32 Å². The SMILES string of the molecule is CCNCc1sccc1S(N)(=O)=O. The van der Waals surface area contributed by atoms with Crippen molar-refractivity contribution in [2.75, 3.05) is 6.54 Å². The smallest absolute Gasteiger partial charge is 0.239 e. The van der Waals surface area contributed by atoms with Gasteiger partial charge in [0.1, 0.15) is 0 Å². The predicted molar refractivity (Wildman–Crippen MR) is 53.1 cm³/mol. The van der Waals surface area contributed by atoms with Crippen LogP contribution in [-0.4, -0.2) is 15.0 Å². The zero-order chi connectivity index (χ0) is 9.90. The molecule has 0 aliphatic rings. The first-order valence-electron chi connectivity index (χ1n) is 3.85. The van der Waals surface area contributed by atoms with E-state index in [1.54, 1.807) is 5.38 Å². The fourth-order valence-electron chi connectivity index (χ4n) is 0.950. The van der Waals surface area contributed by atoms with E-state index in [1.165, 1.54) is 17.4 Å². The Balaban J connectivity index is 2.90. The quantitative estimate of drug-likeness (QED) is 0.776. The van der Waals surface area contributed by atoms with Gasteiger partial charge in [0.15, 0.2) is 0 Å². The average Bonchev–Trinajstić information content (AvgIpc) is 2.47. The zero-order valence-corrected chi connectivity index (χ0v) is 8.91. The largest absolute Gasteiger partial charge is 0.312 e. The van der Waals surface area contributed by atoms with Gasteiger partial charge in [-0.05, 0) is 18.0 Å². The lowest BCUT2D eigenvalue weighted by molar-refractivity contribution is 0.596. The van der Waals surface area contributed by atoms with E-state index in [0.29, 0.717) is 6.54 Å². The molecule has 0 amide bonds. The topological polar surface area (TPSA) is 72.2 Å². The summed E-state index contributed by atoms with van der Waals surface area (Å²) >= 11 is 1.39. The number of hydrogen-bond acceptors (Lipinski definition) is 4.